The highest BCUT2D eigenvalue weighted by molar-refractivity contribution is 5.92. The van der Waals surface area contributed by atoms with Crippen LogP contribution in [-0.2, 0) is 4.74 Å². The minimum Gasteiger partial charge on any atom is -0.488 e. The molecule has 7 nitrogen and oxygen atoms in total. The Labute approximate surface area is 181 Å². The number of rotatable bonds is 6. The van der Waals surface area contributed by atoms with Gasteiger partial charge in [0, 0.05) is 30.5 Å². The van der Waals surface area contributed by atoms with E-state index in [9.17, 15) is 9.90 Å². The number of aromatic carboxylic acids is 1. The number of hydrogen-bond acceptors (Lipinski definition) is 6. The van der Waals surface area contributed by atoms with E-state index < -0.39 is 5.97 Å². The van der Waals surface area contributed by atoms with Gasteiger partial charge in [-0.15, -0.1) is 0 Å². The molecule has 3 aromatic rings. The number of nitrogens with zero attached hydrogens (tertiary/aromatic N) is 2. The number of fused-ring (bicyclic) bond motifs is 1. The van der Waals surface area contributed by atoms with Crippen molar-refractivity contribution in [2.24, 2.45) is 0 Å². The maximum Gasteiger partial charge on any atom is 0.356 e. The topological polar surface area (TPSA) is 93.6 Å². The Morgan fingerprint density at radius 2 is 2.03 bits per heavy atom. The van der Waals surface area contributed by atoms with Crippen LogP contribution in [0.4, 0.5) is 5.69 Å². The predicted molar refractivity (Wildman–Crippen MR) is 119 cm³/mol. The number of pyridine rings is 2. The number of benzene rings is 1. The molecule has 7 heteroatoms. The van der Waals surface area contributed by atoms with Gasteiger partial charge in [0.05, 0.1) is 30.1 Å². The fourth-order valence-electron chi connectivity index (χ4n) is 3.98. The van der Waals surface area contributed by atoms with Crippen molar-refractivity contribution in [3.63, 3.8) is 0 Å². The van der Waals surface area contributed by atoms with E-state index in [1.165, 1.54) is 6.20 Å². The first-order valence-electron chi connectivity index (χ1n) is 10.5. The molecule has 3 heterocycles. The molecular weight excluding hydrogens is 394 g/mol. The van der Waals surface area contributed by atoms with Crippen LogP contribution in [-0.4, -0.2) is 40.4 Å². The van der Waals surface area contributed by atoms with Crippen molar-refractivity contribution >= 4 is 22.6 Å². The summed E-state index contributed by atoms with van der Waals surface area (Å²) in [5.41, 5.74) is 4.35. The predicted octanol–water partition coefficient (Wildman–Crippen LogP) is 4.68. The molecule has 0 bridgehead atoms. The highest BCUT2D eigenvalue weighted by Crippen LogP contribution is 2.32. The average Bonchev–Trinajstić information content (AvgIpc) is 2.75. The quantitative estimate of drug-likeness (QED) is 0.597. The first kappa shape index (κ1) is 21.1. The first-order chi connectivity index (χ1) is 14.9. The third-order valence-corrected chi connectivity index (χ3v) is 5.57. The van der Waals surface area contributed by atoms with E-state index in [-0.39, 0.29) is 17.8 Å². The van der Waals surface area contributed by atoms with E-state index >= 15 is 0 Å². The summed E-state index contributed by atoms with van der Waals surface area (Å²) >= 11 is 0. The Balaban J connectivity index is 1.71. The van der Waals surface area contributed by atoms with Crippen LogP contribution in [0.15, 0.2) is 36.5 Å². The van der Waals surface area contributed by atoms with Gasteiger partial charge < -0.3 is 19.9 Å². The molecule has 31 heavy (non-hydrogen) atoms. The molecule has 0 unspecified atom stereocenters. The molecule has 1 aliphatic rings. The van der Waals surface area contributed by atoms with Gasteiger partial charge in [-0.2, -0.15) is 0 Å². The first-order valence-corrected chi connectivity index (χ1v) is 10.5. The molecule has 0 saturated carbocycles. The monoisotopic (exact) mass is 421 g/mol. The van der Waals surface area contributed by atoms with Crippen LogP contribution >= 0.6 is 0 Å². The van der Waals surface area contributed by atoms with Crippen LogP contribution < -0.4 is 10.1 Å². The van der Waals surface area contributed by atoms with Gasteiger partial charge in [-0.1, -0.05) is 6.07 Å². The second-order valence-electron chi connectivity index (χ2n) is 7.99. The van der Waals surface area contributed by atoms with Gasteiger partial charge in [0.1, 0.15) is 11.9 Å². The Morgan fingerprint density at radius 3 is 2.77 bits per heavy atom. The van der Waals surface area contributed by atoms with Crippen molar-refractivity contribution in [1.82, 2.24) is 9.97 Å². The van der Waals surface area contributed by atoms with Crippen LogP contribution in [0.5, 0.6) is 5.75 Å². The smallest absolute Gasteiger partial charge is 0.356 e. The SMILES string of the molecule is Cc1cc([C@H](C)Nc2cccnc2C(=O)O)c2cc(OC3CCOCC3)c(C)nc2c1. The zero-order valence-electron chi connectivity index (χ0n) is 18.0. The molecule has 1 aliphatic heterocycles. The van der Waals surface area contributed by atoms with Crippen molar-refractivity contribution in [3.05, 3.63) is 59.0 Å². The number of anilines is 1. The Bertz CT molecular complexity index is 1110. The second kappa shape index (κ2) is 8.89. The van der Waals surface area contributed by atoms with Crippen LogP contribution in [0.2, 0.25) is 0 Å². The maximum atomic E-state index is 11.5. The van der Waals surface area contributed by atoms with Crippen molar-refractivity contribution in [2.45, 2.75) is 45.8 Å². The number of aryl methyl sites for hydroxylation is 2. The average molecular weight is 421 g/mol. The summed E-state index contributed by atoms with van der Waals surface area (Å²) < 4.78 is 11.7. The largest absolute Gasteiger partial charge is 0.488 e. The van der Waals surface area contributed by atoms with Gasteiger partial charge >= 0.3 is 5.97 Å². The summed E-state index contributed by atoms with van der Waals surface area (Å²) in [5, 5.41) is 13.7. The number of nitrogens with one attached hydrogen (secondary N) is 1. The summed E-state index contributed by atoms with van der Waals surface area (Å²) in [5.74, 6) is -0.279. The summed E-state index contributed by atoms with van der Waals surface area (Å²) in [6.07, 6.45) is 3.35. The molecular formula is C24H27N3O4. The number of aromatic nitrogens is 2. The van der Waals surface area contributed by atoms with Gasteiger partial charge in [0.15, 0.2) is 5.69 Å². The normalized spacial score (nSPS) is 15.6. The molecule has 0 radical (unpaired) electrons. The molecule has 4 rings (SSSR count). The number of carboxylic acid groups (broad SMARTS) is 1. The maximum absolute atomic E-state index is 11.5. The minimum absolute atomic E-state index is 0.00354. The van der Waals surface area contributed by atoms with Crippen LogP contribution in [0.3, 0.4) is 0 Å². The molecule has 0 amide bonds. The molecule has 1 saturated heterocycles. The molecule has 162 valence electrons. The third kappa shape index (κ3) is 4.61. The Hall–Kier alpha value is -3.19. The van der Waals surface area contributed by atoms with Crippen molar-refractivity contribution in [3.8, 4) is 5.75 Å². The molecule has 1 fully saturated rings. The lowest BCUT2D eigenvalue weighted by molar-refractivity contribution is 0.0252. The fourth-order valence-corrected chi connectivity index (χ4v) is 3.98. The van der Waals surface area contributed by atoms with Gasteiger partial charge in [-0.3, -0.25) is 0 Å². The van der Waals surface area contributed by atoms with E-state index in [1.54, 1.807) is 12.1 Å². The number of carboxylic acids is 1. The van der Waals surface area contributed by atoms with Crippen molar-refractivity contribution in [2.75, 3.05) is 18.5 Å². The van der Waals surface area contributed by atoms with Crippen molar-refractivity contribution < 1.29 is 19.4 Å². The van der Waals surface area contributed by atoms with E-state index in [2.05, 4.69) is 28.5 Å². The molecule has 2 aromatic heterocycles. The lowest BCUT2D eigenvalue weighted by atomic mass is 9.98. The summed E-state index contributed by atoms with van der Waals surface area (Å²) in [6, 6.07) is 9.51. The molecule has 0 aliphatic carbocycles. The fraction of sp³-hybridized carbons (Fsp3) is 0.375. The molecule has 2 N–H and O–H groups in total. The standard InChI is InChI=1S/C24H27N3O4/c1-14-11-18(15(2)26-20-5-4-8-25-23(20)24(28)29)19-13-22(16(3)27-21(19)12-14)31-17-6-9-30-10-7-17/h4-5,8,11-13,15,17,26H,6-7,9-10H2,1-3H3,(H,28,29)/t15-/m0/s1. The van der Waals surface area contributed by atoms with E-state index in [0.717, 1.165) is 46.3 Å². The lowest BCUT2D eigenvalue weighted by Gasteiger charge is -2.25. The zero-order valence-corrected chi connectivity index (χ0v) is 18.0. The lowest BCUT2D eigenvalue weighted by Crippen LogP contribution is -2.26. The van der Waals surface area contributed by atoms with Gasteiger partial charge in [-0.05, 0) is 56.2 Å². The number of hydrogen-bond donors (Lipinski definition) is 2. The summed E-state index contributed by atoms with van der Waals surface area (Å²) in [7, 11) is 0. The molecule has 0 spiro atoms. The van der Waals surface area contributed by atoms with Gasteiger partial charge in [0.25, 0.3) is 0 Å². The number of carbonyl (C=O) groups is 1. The molecule has 1 aromatic carbocycles. The highest BCUT2D eigenvalue weighted by Gasteiger charge is 2.20. The van der Waals surface area contributed by atoms with Gasteiger partial charge in [0.2, 0.25) is 0 Å². The molecule has 1 atom stereocenters. The summed E-state index contributed by atoms with van der Waals surface area (Å²) in [6.45, 7) is 7.43. The third-order valence-electron chi connectivity index (χ3n) is 5.57. The Morgan fingerprint density at radius 1 is 1.26 bits per heavy atom. The van der Waals surface area contributed by atoms with Crippen LogP contribution in [0, 0.1) is 13.8 Å². The minimum atomic E-state index is -1.06. The van der Waals surface area contributed by atoms with Crippen LogP contribution in [0.1, 0.15) is 53.1 Å². The number of ether oxygens (including phenoxy) is 2. The second-order valence-corrected chi connectivity index (χ2v) is 7.99. The Kier molecular flexibility index (Phi) is 6.04. The zero-order chi connectivity index (χ0) is 22.0. The van der Waals surface area contributed by atoms with Gasteiger partial charge in [-0.25, -0.2) is 14.8 Å². The van der Waals surface area contributed by atoms with Crippen molar-refractivity contribution in [1.29, 1.82) is 0 Å². The van der Waals surface area contributed by atoms with Crippen LogP contribution in [0.25, 0.3) is 10.9 Å². The van der Waals surface area contributed by atoms with E-state index in [0.29, 0.717) is 18.9 Å². The summed E-state index contributed by atoms with van der Waals surface area (Å²) in [4.78, 5) is 20.3. The highest BCUT2D eigenvalue weighted by atomic mass is 16.5. The van der Waals surface area contributed by atoms with E-state index in [4.69, 9.17) is 14.5 Å². The van der Waals surface area contributed by atoms with E-state index in [1.807, 2.05) is 20.8 Å².